The molecule has 6 N–H and O–H groups in total. The van der Waals surface area contributed by atoms with Gasteiger partial charge in [0.25, 0.3) is 0 Å². The quantitative estimate of drug-likeness (QED) is 0.582. The van der Waals surface area contributed by atoms with E-state index in [1.165, 1.54) is 12.1 Å². The number of halogens is 2. The molecule has 9 heteroatoms. The van der Waals surface area contributed by atoms with Crippen molar-refractivity contribution < 1.29 is 18.3 Å². The third-order valence-corrected chi connectivity index (χ3v) is 2.67. The van der Waals surface area contributed by atoms with Gasteiger partial charge in [0.05, 0.1) is 0 Å². The Morgan fingerprint density at radius 3 is 2.68 bits per heavy atom. The van der Waals surface area contributed by atoms with Gasteiger partial charge in [0.1, 0.15) is 0 Å². The van der Waals surface area contributed by atoms with E-state index in [-0.39, 0.29) is 23.9 Å². The number of fused-ring (bicyclic) bond motifs is 1. The SMILES string of the molecule is NC1=NC(N)(Cc2ccc3c(c2)OC(F)(F)O3)NN1. The van der Waals surface area contributed by atoms with Gasteiger partial charge in [-0.2, -0.15) is 5.43 Å². The Morgan fingerprint density at radius 2 is 2.00 bits per heavy atom. The number of benzene rings is 1. The molecule has 1 aromatic rings. The number of hydrogen-bond donors (Lipinski definition) is 4. The molecule has 0 aromatic heterocycles. The standard InChI is InChI=1S/C10H11F2N5O2/c11-10(12)18-6-2-1-5(3-7(6)19-10)4-9(14)15-8(13)16-17-9/h1-3,17H,4,14H2,(H3,13,15,16). The van der Waals surface area contributed by atoms with Gasteiger partial charge in [-0.1, -0.05) is 6.07 Å². The van der Waals surface area contributed by atoms with Crippen LogP contribution in [0.2, 0.25) is 0 Å². The highest BCUT2D eigenvalue weighted by Gasteiger charge is 2.43. The van der Waals surface area contributed by atoms with Crippen LogP contribution in [-0.4, -0.2) is 18.0 Å². The lowest BCUT2D eigenvalue weighted by Gasteiger charge is -2.20. The molecule has 0 spiro atoms. The van der Waals surface area contributed by atoms with Gasteiger partial charge in [-0.05, 0) is 17.7 Å². The van der Waals surface area contributed by atoms with Crippen molar-refractivity contribution in [3.05, 3.63) is 23.8 Å². The third kappa shape index (κ3) is 2.25. The van der Waals surface area contributed by atoms with Gasteiger partial charge in [-0.15, -0.1) is 8.78 Å². The number of ether oxygens (including phenoxy) is 2. The summed E-state index contributed by atoms with van der Waals surface area (Å²) in [5.41, 5.74) is 17.3. The summed E-state index contributed by atoms with van der Waals surface area (Å²) in [5.74, 6) is -1.01. The molecular formula is C10H11F2N5O2. The molecule has 2 aliphatic rings. The minimum Gasteiger partial charge on any atom is -0.395 e. The average molecular weight is 271 g/mol. The number of rotatable bonds is 2. The van der Waals surface area contributed by atoms with Crippen molar-refractivity contribution in [2.75, 3.05) is 0 Å². The summed E-state index contributed by atoms with van der Waals surface area (Å²) in [6, 6.07) is 4.42. The first-order chi connectivity index (χ1) is 8.85. The molecule has 1 aromatic carbocycles. The summed E-state index contributed by atoms with van der Waals surface area (Å²) in [5, 5.41) is 0. The van der Waals surface area contributed by atoms with Crippen molar-refractivity contribution >= 4 is 5.96 Å². The highest BCUT2D eigenvalue weighted by atomic mass is 19.3. The summed E-state index contributed by atoms with van der Waals surface area (Å²) in [4.78, 5) is 3.97. The van der Waals surface area contributed by atoms with E-state index in [9.17, 15) is 8.78 Å². The molecule has 1 unspecified atom stereocenters. The Bertz CT molecular complexity index is 565. The van der Waals surface area contributed by atoms with Gasteiger partial charge in [0.15, 0.2) is 17.3 Å². The van der Waals surface area contributed by atoms with E-state index >= 15 is 0 Å². The molecule has 0 fully saturated rings. The fraction of sp³-hybridized carbons (Fsp3) is 0.300. The van der Waals surface area contributed by atoms with Gasteiger partial charge >= 0.3 is 6.29 Å². The molecule has 0 saturated heterocycles. The van der Waals surface area contributed by atoms with Crippen LogP contribution >= 0.6 is 0 Å². The molecule has 0 aliphatic carbocycles. The highest BCUT2D eigenvalue weighted by molar-refractivity contribution is 5.79. The van der Waals surface area contributed by atoms with E-state index in [0.717, 1.165) is 0 Å². The van der Waals surface area contributed by atoms with E-state index in [1.54, 1.807) is 6.07 Å². The summed E-state index contributed by atoms with van der Waals surface area (Å²) in [6.07, 6.45) is -3.39. The zero-order valence-corrected chi connectivity index (χ0v) is 9.61. The van der Waals surface area contributed by atoms with Crippen molar-refractivity contribution in [3.63, 3.8) is 0 Å². The lowest BCUT2D eigenvalue weighted by atomic mass is 10.1. The van der Waals surface area contributed by atoms with Gasteiger partial charge in [-0.3, -0.25) is 11.2 Å². The van der Waals surface area contributed by atoms with E-state index in [0.29, 0.717) is 5.56 Å². The summed E-state index contributed by atoms with van der Waals surface area (Å²) < 4.78 is 34.4. The molecule has 2 aliphatic heterocycles. The second-order valence-electron chi connectivity index (χ2n) is 4.30. The molecule has 7 nitrogen and oxygen atoms in total. The van der Waals surface area contributed by atoms with E-state index in [1.807, 2.05) is 0 Å². The van der Waals surface area contributed by atoms with Gasteiger partial charge in [0, 0.05) is 6.42 Å². The molecule has 0 radical (unpaired) electrons. The first kappa shape index (κ1) is 11.9. The van der Waals surface area contributed by atoms with E-state index in [2.05, 4.69) is 25.3 Å². The number of nitrogens with zero attached hydrogens (tertiary/aromatic N) is 1. The van der Waals surface area contributed by atoms with Crippen LogP contribution in [0.4, 0.5) is 8.78 Å². The molecule has 0 saturated carbocycles. The maximum Gasteiger partial charge on any atom is 0.586 e. The molecule has 3 rings (SSSR count). The monoisotopic (exact) mass is 271 g/mol. The van der Waals surface area contributed by atoms with Crippen molar-refractivity contribution in [1.29, 1.82) is 0 Å². The minimum absolute atomic E-state index is 0.0136. The van der Waals surface area contributed by atoms with Crippen LogP contribution in [0.25, 0.3) is 0 Å². The van der Waals surface area contributed by atoms with Gasteiger partial charge in [0.2, 0.25) is 5.96 Å². The lowest BCUT2D eigenvalue weighted by Crippen LogP contribution is -2.54. The second-order valence-corrected chi connectivity index (χ2v) is 4.30. The van der Waals surface area contributed by atoms with Crippen molar-refractivity contribution in [2.45, 2.75) is 18.5 Å². The number of aliphatic imine (C=N–C) groups is 1. The number of nitrogens with one attached hydrogen (secondary N) is 2. The molecule has 2 heterocycles. The number of guanidine groups is 1. The largest absolute Gasteiger partial charge is 0.586 e. The van der Waals surface area contributed by atoms with Crippen molar-refractivity contribution in [1.82, 2.24) is 10.9 Å². The van der Waals surface area contributed by atoms with E-state index in [4.69, 9.17) is 11.5 Å². The maximum absolute atomic E-state index is 12.9. The third-order valence-electron chi connectivity index (χ3n) is 2.67. The maximum atomic E-state index is 12.9. The number of alkyl halides is 2. The predicted molar refractivity (Wildman–Crippen MR) is 61.2 cm³/mol. The first-order valence-electron chi connectivity index (χ1n) is 5.41. The minimum atomic E-state index is -3.63. The normalized spacial score (nSPS) is 27.0. The lowest BCUT2D eigenvalue weighted by molar-refractivity contribution is -0.286. The number of hydrogen-bond acceptors (Lipinski definition) is 7. The Kier molecular flexibility index (Phi) is 2.31. The van der Waals surface area contributed by atoms with Crippen LogP contribution in [-0.2, 0) is 6.42 Å². The van der Waals surface area contributed by atoms with Crippen LogP contribution < -0.4 is 31.8 Å². The molecule has 0 bridgehead atoms. The predicted octanol–water partition coefficient (Wildman–Crippen LogP) is -0.414. The average Bonchev–Trinajstić information content (AvgIpc) is 2.76. The fourth-order valence-corrected chi connectivity index (χ4v) is 1.94. The summed E-state index contributed by atoms with van der Waals surface area (Å²) in [7, 11) is 0. The smallest absolute Gasteiger partial charge is 0.395 e. The Balaban J connectivity index is 1.82. The zero-order chi connectivity index (χ0) is 13.7. The molecule has 102 valence electrons. The molecule has 19 heavy (non-hydrogen) atoms. The Hall–Kier alpha value is -2.13. The van der Waals surface area contributed by atoms with Gasteiger partial charge in [-0.25, -0.2) is 4.99 Å². The van der Waals surface area contributed by atoms with Gasteiger partial charge < -0.3 is 15.2 Å². The molecule has 1 atom stereocenters. The summed E-state index contributed by atoms with van der Waals surface area (Å²) in [6.45, 7) is 0. The van der Waals surface area contributed by atoms with Crippen LogP contribution in [0, 0.1) is 0 Å². The first-order valence-corrected chi connectivity index (χ1v) is 5.41. The van der Waals surface area contributed by atoms with E-state index < -0.39 is 12.1 Å². The zero-order valence-electron chi connectivity index (χ0n) is 9.61. The molecular weight excluding hydrogens is 260 g/mol. The van der Waals surface area contributed by atoms with Crippen molar-refractivity contribution in [2.24, 2.45) is 16.5 Å². The van der Waals surface area contributed by atoms with Crippen LogP contribution in [0.5, 0.6) is 11.5 Å². The Morgan fingerprint density at radius 1 is 1.26 bits per heavy atom. The highest BCUT2D eigenvalue weighted by Crippen LogP contribution is 2.41. The van der Waals surface area contributed by atoms with Crippen LogP contribution in [0.3, 0.4) is 0 Å². The number of hydrazine groups is 1. The second kappa shape index (κ2) is 3.68. The topological polar surface area (TPSA) is 107 Å². The van der Waals surface area contributed by atoms with Crippen LogP contribution in [0.15, 0.2) is 23.2 Å². The Labute approximate surface area is 106 Å². The van der Waals surface area contributed by atoms with Crippen LogP contribution in [0.1, 0.15) is 5.56 Å². The number of nitrogens with two attached hydrogens (primary N) is 2. The van der Waals surface area contributed by atoms with Crippen molar-refractivity contribution in [3.8, 4) is 11.5 Å². The fourth-order valence-electron chi connectivity index (χ4n) is 1.94. The molecule has 0 amide bonds. The summed E-state index contributed by atoms with van der Waals surface area (Å²) >= 11 is 0.